The van der Waals surface area contributed by atoms with Crippen molar-refractivity contribution in [3.8, 4) is 11.5 Å². The first kappa shape index (κ1) is 14.2. The first-order valence-corrected chi connectivity index (χ1v) is 7.58. The maximum atomic E-state index is 11.8. The first-order valence-electron chi connectivity index (χ1n) is 7.58. The molecule has 0 bridgehead atoms. The number of carbonyl (C=O) groups excluding carboxylic acids is 1. The van der Waals surface area contributed by atoms with Gasteiger partial charge < -0.3 is 14.4 Å². The molecule has 21 heavy (non-hydrogen) atoms. The normalized spacial score (nSPS) is 22.2. The van der Waals surface area contributed by atoms with Gasteiger partial charge >= 0.3 is 0 Å². The summed E-state index contributed by atoms with van der Waals surface area (Å²) in [6, 6.07) is 7.65. The maximum absolute atomic E-state index is 11.8. The Labute approximate surface area is 125 Å². The van der Waals surface area contributed by atoms with Crippen molar-refractivity contribution >= 4 is 5.91 Å². The number of rotatable bonds is 5. The van der Waals surface area contributed by atoms with Crippen LogP contribution < -0.4 is 9.47 Å². The van der Waals surface area contributed by atoms with Crippen molar-refractivity contribution in [1.82, 2.24) is 9.80 Å². The summed E-state index contributed by atoms with van der Waals surface area (Å²) in [6.07, 6.45) is 3.13. The van der Waals surface area contributed by atoms with Crippen molar-refractivity contribution in [1.29, 1.82) is 0 Å². The fraction of sp³-hybridized carbons (Fsp3) is 0.562. The molecule has 5 heteroatoms. The Hall–Kier alpha value is -1.75. The van der Waals surface area contributed by atoms with Gasteiger partial charge in [-0.25, -0.2) is 0 Å². The minimum atomic E-state index is 0.292. The van der Waals surface area contributed by atoms with Crippen LogP contribution in [0.3, 0.4) is 0 Å². The van der Waals surface area contributed by atoms with Gasteiger partial charge in [0.2, 0.25) is 5.91 Å². The molecule has 0 spiro atoms. The molecule has 0 N–H and O–H groups in total. The lowest BCUT2D eigenvalue weighted by Gasteiger charge is -2.39. The number of hydrogen-bond donors (Lipinski definition) is 0. The molecule has 3 rings (SSSR count). The van der Waals surface area contributed by atoms with Gasteiger partial charge in [0, 0.05) is 32.1 Å². The van der Waals surface area contributed by atoms with E-state index in [1.165, 1.54) is 0 Å². The van der Waals surface area contributed by atoms with E-state index in [9.17, 15) is 4.79 Å². The molecule has 2 aliphatic rings. The summed E-state index contributed by atoms with van der Waals surface area (Å²) in [4.78, 5) is 16.2. The maximum Gasteiger partial charge on any atom is 0.225 e. The monoisotopic (exact) mass is 290 g/mol. The van der Waals surface area contributed by atoms with Crippen LogP contribution in [-0.2, 0) is 4.79 Å². The van der Waals surface area contributed by atoms with E-state index in [2.05, 4.69) is 4.90 Å². The van der Waals surface area contributed by atoms with Crippen molar-refractivity contribution in [2.45, 2.75) is 25.4 Å². The van der Waals surface area contributed by atoms with Crippen LogP contribution in [-0.4, -0.2) is 55.2 Å². The number of benzene rings is 1. The molecule has 5 nitrogen and oxygen atoms in total. The van der Waals surface area contributed by atoms with Gasteiger partial charge in [-0.1, -0.05) is 6.07 Å². The predicted octanol–water partition coefficient (Wildman–Crippen LogP) is 1.73. The summed E-state index contributed by atoms with van der Waals surface area (Å²) < 4.78 is 11.0. The van der Waals surface area contributed by atoms with Crippen LogP contribution in [0.1, 0.15) is 19.3 Å². The number of methoxy groups -OCH3 is 1. The fourth-order valence-corrected chi connectivity index (χ4v) is 3.18. The van der Waals surface area contributed by atoms with Crippen LogP contribution in [0.15, 0.2) is 24.3 Å². The minimum Gasteiger partial charge on any atom is -0.497 e. The predicted molar refractivity (Wildman–Crippen MR) is 79.4 cm³/mol. The average Bonchev–Trinajstić information content (AvgIpc) is 3.00. The second-order valence-electron chi connectivity index (χ2n) is 5.52. The Balaban J connectivity index is 1.52. The summed E-state index contributed by atoms with van der Waals surface area (Å²) in [5, 5.41) is 0. The van der Waals surface area contributed by atoms with E-state index in [4.69, 9.17) is 9.47 Å². The van der Waals surface area contributed by atoms with Crippen LogP contribution in [0, 0.1) is 0 Å². The topological polar surface area (TPSA) is 42.0 Å². The lowest BCUT2D eigenvalue weighted by Crippen LogP contribution is -2.53. The molecule has 0 aromatic heterocycles. The van der Waals surface area contributed by atoms with Gasteiger partial charge in [-0.3, -0.25) is 9.69 Å². The lowest BCUT2D eigenvalue weighted by molar-refractivity contribution is -0.141. The largest absolute Gasteiger partial charge is 0.497 e. The standard InChI is InChI=1S/C16H22N2O3/c1-20-13-4-2-5-14(12-13)21-11-10-17-9-7-16(19)18-8-3-6-15(17)18/h2,4-5,12,15H,3,6-11H2,1H3. The number of carbonyl (C=O) groups is 1. The zero-order chi connectivity index (χ0) is 14.7. The molecular formula is C16H22N2O3. The molecule has 1 amide bonds. The Bertz CT molecular complexity index is 506. The number of fused-ring (bicyclic) bond motifs is 1. The van der Waals surface area contributed by atoms with Gasteiger partial charge in [0.25, 0.3) is 0 Å². The van der Waals surface area contributed by atoms with Crippen molar-refractivity contribution in [2.75, 3.05) is 33.4 Å². The zero-order valence-corrected chi connectivity index (χ0v) is 12.5. The molecule has 114 valence electrons. The highest BCUT2D eigenvalue weighted by Gasteiger charge is 2.36. The molecule has 1 unspecified atom stereocenters. The fourth-order valence-electron chi connectivity index (χ4n) is 3.18. The first-order chi connectivity index (χ1) is 10.3. The van der Waals surface area contributed by atoms with E-state index in [1.807, 2.05) is 29.2 Å². The van der Waals surface area contributed by atoms with Gasteiger partial charge in [0.15, 0.2) is 0 Å². The molecule has 0 saturated carbocycles. The van der Waals surface area contributed by atoms with Crippen LogP contribution in [0.25, 0.3) is 0 Å². The molecule has 2 saturated heterocycles. The smallest absolute Gasteiger partial charge is 0.225 e. The molecular weight excluding hydrogens is 268 g/mol. The van der Waals surface area contributed by atoms with Crippen molar-refractivity contribution < 1.29 is 14.3 Å². The van der Waals surface area contributed by atoms with Crippen molar-refractivity contribution in [3.05, 3.63) is 24.3 Å². The van der Waals surface area contributed by atoms with Crippen LogP contribution in [0.5, 0.6) is 11.5 Å². The molecule has 2 fully saturated rings. The van der Waals surface area contributed by atoms with Gasteiger partial charge in [-0.05, 0) is 25.0 Å². The summed E-state index contributed by atoms with van der Waals surface area (Å²) in [5.74, 6) is 1.94. The highest BCUT2D eigenvalue weighted by atomic mass is 16.5. The Morgan fingerprint density at radius 3 is 3.00 bits per heavy atom. The average molecular weight is 290 g/mol. The molecule has 0 radical (unpaired) electrons. The number of hydrogen-bond acceptors (Lipinski definition) is 4. The van der Waals surface area contributed by atoms with E-state index in [0.29, 0.717) is 25.1 Å². The zero-order valence-electron chi connectivity index (χ0n) is 12.5. The number of nitrogens with zero attached hydrogens (tertiary/aromatic N) is 2. The SMILES string of the molecule is COc1cccc(OCCN2CCC(=O)N3CCCC23)c1. The summed E-state index contributed by atoms with van der Waals surface area (Å²) in [7, 11) is 1.65. The second kappa shape index (κ2) is 6.35. The third-order valence-electron chi connectivity index (χ3n) is 4.26. The summed E-state index contributed by atoms with van der Waals surface area (Å²) in [5.41, 5.74) is 0. The molecule has 1 aromatic carbocycles. The van der Waals surface area contributed by atoms with Crippen LogP contribution in [0.4, 0.5) is 0 Å². The minimum absolute atomic E-state index is 0.292. The van der Waals surface area contributed by atoms with Crippen molar-refractivity contribution in [3.63, 3.8) is 0 Å². The Morgan fingerprint density at radius 1 is 1.29 bits per heavy atom. The van der Waals surface area contributed by atoms with E-state index >= 15 is 0 Å². The number of amides is 1. The van der Waals surface area contributed by atoms with Crippen LogP contribution >= 0.6 is 0 Å². The van der Waals surface area contributed by atoms with Gasteiger partial charge in [-0.15, -0.1) is 0 Å². The Morgan fingerprint density at radius 2 is 2.14 bits per heavy atom. The molecule has 0 aliphatic carbocycles. The highest BCUT2D eigenvalue weighted by molar-refractivity contribution is 5.77. The highest BCUT2D eigenvalue weighted by Crippen LogP contribution is 2.25. The molecule has 2 aliphatic heterocycles. The van der Waals surface area contributed by atoms with E-state index in [0.717, 1.165) is 44.0 Å². The summed E-state index contributed by atoms with van der Waals surface area (Å²) >= 11 is 0. The lowest BCUT2D eigenvalue weighted by atomic mass is 10.2. The Kier molecular flexibility index (Phi) is 4.29. The molecule has 2 heterocycles. The van der Waals surface area contributed by atoms with E-state index in [1.54, 1.807) is 7.11 Å². The summed E-state index contributed by atoms with van der Waals surface area (Å²) in [6.45, 7) is 3.25. The second-order valence-corrected chi connectivity index (χ2v) is 5.52. The number of ether oxygens (including phenoxy) is 2. The van der Waals surface area contributed by atoms with Gasteiger partial charge in [0.1, 0.15) is 18.1 Å². The third-order valence-corrected chi connectivity index (χ3v) is 4.26. The third kappa shape index (κ3) is 3.13. The molecule has 1 atom stereocenters. The van der Waals surface area contributed by atoms with Gasteiger partial charge in [-0.2, -0.15) is 0 Å². The quantitative estimate of drug-likeness (QED) is 0.828. The van der Waals surface area contributed by atoms with E-state index in [-0.39, 0.29) is 0 Å². The molecule has 1 aromatic rings. The van der Waals surface area contributed by atoms with Crippen molar-refractivity contribution in [2.24, 2.45) is 0 Å². The van der Waals surface area contributed by atoms with Gasteiger partial charge in [0.05, 0.1) is 13.3 Å². The van der Waals surface area contributed by atoms with E-state index < -0.39 is 0 Å². The van der Waals surface area contributed by atoms with Crippen LogP contribution in [0.2, 0.25) is 0 Å².